The van der Waals surface area contributed by atoms with Crippen LogP contribution in [-0.4, -0.2) is 53.8 Å². The summed E-state index contributed by atoms with van der Waals surface area (Å²) < 4.78 is 6.29. The van der Waals surface area contributed by atoms with Gasteiger partial charge in [0.25, 0.3) is 5.91 Å². The van der Waals surface area contributed by atoms with Crippen LogP contribution in [0.3, 0.4) is 0 Å². The predicted octanol–water partition coefficient (Wildman–Crippen LogP) is 1.64. The first kappa shape index (κ1) is 18.3. The molecule has 4 heterocycles. The minimum Gasteiger partial charge on any atom is -0.395 e. The fraction of sp³-hybridized carbons (Fsp3) is 0.526. The Morgan fingerprint density at radius 3 is 2.96 bits per heavy atom. The molecule has 1 saturated heterocycles. The van der Waals surface area contributed by atoms with E-state index in [9.17, 15) is 4.79 Å². The molecule has 4 rings (SSSR count). The van der Waals surface area contributed by atoms with Crippen LogP contribution in [0.2, 0.25) is 0 Å². The van der Waals surface area contributed by atoms with Gasteiger partial charge in [-0.05, 0) is 37.8 Å². The van der Waals surface area contributed by atoms with E-state index in [-0.39, 0.29) is 24.7 Å². The van der Waals surface area contributed by atoms with Crippen molar-refractivity contribution in [3.63, 3.8) is 0 Å². The van der Waals surface area contributed by atoms with Crippen molar-refractivity contribution < 1.29 is 14.6 Å². The molecule has 0 radical (unpaired) electrons. The Hall–Kier alpha value is -2.03. The highest BCUT2D eigenvalue weighted by molar-refractivity contribution is 7.14. The summed E-state index contributed by atoms with van der Waals surface area (Å²) in [5.74, 6) is 0.794. The molecule has 2 aromatic rings. The van der Waals surface area contributed by atoms with Crippen LogP contribution < -0.4 is 10.2 Å². The number of nitrogens with zero attached hydrogens (tertiary/aromatic N) is 3. The first-order valence-corrected chi connectivity index (χ1v) is 10.1. The number of fused-ring (bicyclic) bond motifs is 2. The van der Waals surface area contributed by atoms with Gasteiger partial charge in [0, 0.05) is 30.7 Å². The van der Waals surface area contributed by atoms with Crippen molar-refractivity contribution in [2.45, 2.75) is 31.8 Å². The van der Waals surface area contributed by atoms with E-state index in [0.717, 1.165) is 43.9 Å². The van der Waals surface area contributed by atoms with Gasteiger partial charge in [-0.1, -0.05) is 0 Å². The molecule has 1 spiro atoms. The van der Waals surface area contributed by atoms with E-state index in [1.807, 2.05) is 19.2 Å². The van der Waals surface area contributed by atoms with Crippen molar-refractivity contribution >= 4 is 23.1 Å². The Balaban J connectivity index is 1.53. The number of anilines is 1. The zero-order chi connectivity index (χ0) is 18.9. The lowest BCUT2D eigenvalue weighted by Crippen LogP contribution is -2.46. The standard InChI is InChI=1S/C19H24N4O3S/c1-13-11-20-12-16(22-13)23-6-3-19(4-7-23)17-14(2-9-26-19)10-15(27-17)18(25)21-5-8-24/h10-12,24H,2-9H2,1H3,(H,21,25). The van der Waals surface area contributed by atoms with Crippen LogP contribution in [-0.2, 0) is 16.8 Å². The Kier molecular flexibility index (Phi) is 5.12. The fourth-order valence-corrected chi connectivity index (χ4v) is 5.19. The highest BCUT2D eigenvalue weighted by Gasteiger charge is 2.43. The zero-order valence-corrected chi connectivity index (χ0v) is 16.2. The Labute approximate surface area is 162 Å². The number of hydrogen-bond acceptors (Lipinski definition) is 7. The second kappa shape index (κ2) is 7.53. The summed E-state index contributed by atoms with van der Waals surface area (Å²) in [6.45, 7) is 4.55. The van der Waals surface area contributed by atoms with Gasteiger partial charge in [-0.25, -0.2) is 4.98 Å². The Bertz CT molecular complexity index is 830. The Morgan fingerprint density at radius 1 is 1.41 bits per heavy atom. The fourth-order valence-electron chi connectivity index (χ4n) is 3.86. The van der Waals surface area contributed by atoms with E-state index in [2.05, 4.69) is 20.2 Å². The lowest BCUT2D eigenvalue weighted by Gasteiger charge is -2.44. The topological polar surface area (TPSA) is 87.6 Å². The number of rotatable bonds is 4. The van der Waals surface area contributed by atoms with E-state index < -0.39 is 0 Å². The van der Waals surface area contributed by atoms with Gasteiger partial charge in [0.15, 0.2) is 0 Å². The van der Waals surface area contributed by atoms with Crippen molar-refractivity contribution in [3.05, 3.63) is 39.5 Å². The normalized spacial score (nSPS) is 18.4. The molecule has 0 bridgehead atoms. The quantitative estimate of drug-likeness (QED) is 0.828. The van der Waals surface area contributed by atoms with Crippen molar-refractivity contribution in [1.29, 1.82) is 0 Å². The third-order valence-corrected chi connectivity index (χ3v) is 6.59. The Morgan fingerprint density at radius 2 is 2.22 bits per heavy atom. The van der Waals surface area contributed by atoms with Crippen molar-refractivity contribution in [2.75, 3.05) is 37.7 Å². The molecule has 8 heteroatoms. The minimum atomic E-state index is -0.304. The van der Waals surface area contributed by atoms with Crippen LogP contribution in [0.25, 0.3) is 0 Å². The maximum Gasteiger partial charge on any atom is 0.261 e. The van der Waals surface area contributed by atoms with Gasteiger partial charge >= 0.3 is 0 Å². The SMILES string of the molecule is Cc1cncc(N2CCC3(CC2)OCCc2cc(C(=O)NCCO)sc23)n1. The summed E-state index contributed by atoms with van der Waals surface area (Å²) in [6.07, 6.45) is 6.16. The summed E-state index contributed by atoms with van der Waals surface area (Å²) in [5.41, 5.74) is 1.84. The maximum atomic E-state index is 12.3. The third-order valence-electron chi connectivity index (χ3n) is 5.23. The molecule has 2 aliphatic rings. The van der Waals surface area contributed by atoms with Crippen LogP contribution in [0.5, 0.6) is 0 Å². The molecule has 27 heavy (non-hydrogen) atoms. The number of amides is 1. The molecule has 2 aliphatic heterocycles. The smallest absolute Gasteiger partial charge is 0.261 e. The molecule has 0 atom stereocenters. The number of piperidine rings is 1. The molecule has 1 amide bonds. The summed E-state index contributed by atoms with van der Waals surface area (Å²) >= 11 is 1.53. The van der Waals surface area contributed by atoms with Gasteiger partial charge in [0.2, 0.25) is 0 Å². The van der Waals surface area contributed by atoms with Gasteiger partial charge in [-0.3, -0.25) is 9.78 Å². The largest absolute Gasteiger partial charge is 0.395 e. The summed E-state index contributed by atoms with van der Waals surface area (Å²) in [6, 6.07) is 2.00. The molecule has 1 fully saturated rings. The molecule has 7 nitrogen and oxygen atoms in total. The second-order valence-corrected chi connectivity index (χ2v) is 8.10. The number of thiophene rings is 1. The van der Waals surface area contributed by atoms with Crippen LogP contribution in [0, 0.1) is 6.92 Å². The van der Waals surface area contributed by atoms with E-state index in [1.54, 1.807) is 6.20 Å². The number of aryl methyl sites for hydroxylation is 1. The van der Waals surface area contributed by atoms with Gasteiger partial charge in [0.1, 0.15) is 11.4 Å². The molecule has 144 valence electrons. The molecule has 0 unspecified atom stereocenters. The molecule has 0 aromatic carbocycles. The van der Waals surface area contributed by atoms with Crippen molar-refractivity contribution in [2.24, 2.45) is 0 Å². The van der Waals surface area contributed by atoms with Crippen LogP contribution in [0.4, 0.5) is 5.82 Å². The average molecular weight is 388 g/mol. The number of carbonyl (C=O) groups is 1. The van der Waals surface area contributed by atoms with E-state index >= 15 is 0 Å². The van der Waals surface area contributed by atoms with Crippen LogP contribution in [0.15, 0.2) is 18.5 Å². The molecular formula is C19H24N4O3S. The number of nitrogens with one attached hydrogen (secondary N) is 1. The monoisotopic (exact) mass is 388 g/mol. The molecule has 2 aromatic heterocycles. The lowest BCUT2D eigenvalue weighted by molar-refractivity contribution is -0.0735. The molecule has 0 saturated carbocycles. The summed E-state index contributed by atoms with van der Waals surface area (Å²) in [5, 5.41) is 11.7. The van der Waals surface area contributed by atoms with Gasteiger partial charge < -0.3 is 20.1 Å². The number of aliphatic hydroxyl groups excluding tert-OH is 1. The summed E-state index contributed by atoms with van der Waals surface area (Å²) in [7, 11) is 0. The number of hydrogen-bond donors (Lipinski definition) is 2. The lowest BCUT2D eigenvalue weighted by atomic mass is 9.85. The second-order valence-electron chi connectivity index (χ2n) is 7.04. The average Bonchev–Trinajstić information content (AvgIpc) is 3.13. The van der Waals surface area contributed by atoms with Gasteiger partial charge in [0.05, 0.1) is 30.0 Å². The first-order chi connectivity index (χ1) is 13.1. The van der Waals surface area contributed by atoms with Gasteiger partial charge in [-0.2, -0.15) is 0 Å². The highest BCUT2D eigenvalue weighted by Crippen LogP contribution is 2.45. The predicted molar refractivity (Wildman–Crippen MR) is 103 cm³/mol. The van der Waals surface area contributed by atoms with E-state index in [0.29, 0.717) is 11.5 Å². The maximum absolute atomic E-state index is 12.3. The van der Waals surface area contributed by atoms with E-state index in [1.165, 1.54) is 21.8 Å². The molecule has 2 N–H and O–H groups in total. The number of ether oxygens (including phenoxy) is 1. The van der Waals surface area contributed by atoms with Crippen molar-refractivity contribution in [3.8, 4) is 0 Å². The molecular weight excluding hydrogens is 364 g/mol. The zero-order valence-electron chi connectivity index (χ0n) is 15.4. The summed E-state index contributed by atoms with van der Waals surface area (Å²) in [4.78, 5) is 25.3. The minimum absolute atomic E-state index is 0.0540. The highest BCUT2D eigenvalue weighted by atomic mass is 32.1. The van der Waals surface area contributed by atoms with Crippen LogP contribution >= 0.6 is 11.3 Å². The number of carbonyl (C=O) groups excluding carboxylic acids is 1. The first-order valence-electron chi connectivity index (χ1n) is 9.31. The molecule has 0 aliphatic carbocycles. The van der Waals surface area contributed by atoms with E-state index in [4.69, 9.17) is 9.84 Å². The number of aromatic nitrogens is 2. The van der Waals surface area contributed by atoms with Crippen molar-refractivity contribution in [1.82, 2.24) is 15.3 Å². The third kappa shape index (κ3) is 3.56. The number of aliphatic hydroxyl groups is 1. The van der Waals surface area contributed by atoms with Crippen LogP contribution in [0.1, 0.15) is 38.6 Å². The van der Waals surface area contributed by atoms with Gasteiger partial charge in [-0.15, -0.1) is 11.3 Å².